The van der Waals surface area contributed by atoms with E-state index in [0.717, 1.165) is 0 Å². The highest BCUT2D eigenvalue weighted by molar-refractivity contribution is 7.82. The predicted octanol–water partition coefficient (Wildman–Crippen LogP) is 1.04. The fraction of sp³-hybridized carbons (Fsp3) is 1.00. The average Bonchev–Trinajstić information content (AvgIpc) is 2.10. The van der Waals surface area contributed by atoms with Crippen molar-refractivity contribution in [3.8, 4) is 0 Å². The van der Waals surface area contributed by atoms with Crippen LogP contribution in [0.4, 0.5) is 8.78 Å². The molecule has 0 heterocycles. The Kier molecular flexibility index (Phi) is 2.59. The van der Waals surface area contributed by atoms with E-state index in [4.69, 9.17) is 5.14 Å². The number of hydrogen-bond acceptors (Lipinski definition) is 1. The fourth-order valence-corrected chi connectivity index (χ4v) is 2.21. The molecule has 2 nitrogen and oxygen atoms in total. The number of nitrogens with two attached hydrogens (primary N) is 1. The number of hydrogen-bond donors (Lipinski definition) is 1. The van der Waals surface area contributed by atoms with Crippen molar-refractivity contribution in [3.05, 3.63) is 0 Å². The van der Waals surface area contributed by atoms with Crippen LogP contribution >= 0.6 is 0 Å². The third-order valence-corrected chi connectivity index (χ3v) is 2.76. The molecule has 2 unspecified atom stereocenters. The molecule has 0 amide bonds. The van der Waals surface area contributed by atoms with E-state index < -0.39 is 22.8 Å². The molecule has 0 bridgehead atoms. The molecule has 1 fully saturated rings. The fourth-order valence-electron chi connectivity index (χ4n) is 1.40. The van der Waals surface area contributed by atoms with Crippen molar-refractivity contribution in [3.63, 3.8) is 0 Å². The smallest absolute Gasteiger partial charge is 0.251 e. The molecule has 1 rings (SSSR count). The summed E-state index contributed by atoms with van der Waals surface area (Å²) in [6, 6.07) is 0. The lowest BCUT2D eigenvalue weighted by Crippen LogP contribution is -2.28. The predicted molar refractivity (Wildman–Crippen MR) is 39.5 cm³/mol. The van der Waals surface area contributed by atoms with Gasteiger partial charge in [-0.25, -0.2) is 13.0 Å². The molecule has 11 heavy (non-hydrogen) atoms. The first kappa shape index (κ1) is 9.06. The summed E-state index contributed by atoms with van der Waals surface area (Å²) >= 11 is 0. The van der Waals surface area contributed by atoms with E-state index in [-0.39, 0.29) is 12.2 Å². The topological polar surface area (TPSA) is 43.1 Å². The van der Waals surface area contributed by atoms with Crippen LogP contribution in [0.25, 0.3) is 0 Å². The molecule has 1 aliphatic rings. The second-order valence-corrected chi connectivity index (χ2v) is 3.99. The van der Waals surface area contributed by atoms with Crippen molar-refractivity contribution in [1.29, 1.82) is 0 Å². The van der Waals surface area contributed by atoms with Crippen LogP contribution in [0.2, 0.25) is 0 Å². The Morgan fingerprint density at radius 2 is 2.27 bits per heavy atom. The minimum atomic E-state index is -2.63. The molecule has 0 aliphatic heterocycles. The zero-order valence-corrected chi connectivity index (χ0v) is 6.87. The quantitative estimate of drug-likeness (QED) is 0.683. The van der Waals surface area contributed by atoms with Gasteiger partial charge in [0.1, 0.15) is 0 Å². The number of alkyl halides is 2. The van der Waals surface area contributed by atoms with Crippen LogP contribution in [0.15, 0.2) is 0 Å². The highest BCUT2D eigenvalue weighted by Gasteiger charge is 2.43. The lowest BCUT2D eigenvalue weighted by Gasteiger charge is -2.16. The summed E-state index contributed by atoms with van der Waals surface area (Å²) in [7, 11) is -1.58. The lowest BCUT2D eigenvalue weighted by molar-refractivity contribution is -0.0285. The van der Waals surface area contributed by atoms with Crippen LogP contribution in [0, 0.1) is 5.92 Å². The molecule has 1 aliphatic carbocycles. The van der Waals surface area contributed by atoms with Crippen LogP contribution in [-0.4, -0.2) is 15.9 Å². The van der Waals surface area contributed by atoms with E-state index >= 15 is 0 Å². The summed E-state index contributed by atoms with van der Waals surface area (Å²) in [6.45, 7) is 0. The van der Waals surface area contributed by atoms with Crippen molar-refractivity contribution in [1.82, 2.24) is 0 Å². The number of halogens is 2. The van der Waals surface area contributed by atoms with Gasteiger partial charge in [0, 0.05) is 18.1 Å². The maximum absolute atomic E-state index is 12.8. The van der Waals surface area contributed by atoms with E-state index in [1.54, 1.807) is 0 Å². The summed E-state index contributed by atoms with van der Waals surface area (Å²) in [6.07, 6.45) is 0.902. The van der Waals surface area contributed by atoms with E-state index in [2.05, 4.69) is 0 Å². The average molecular weight is 183 g/mol. The molecule has 2 atom stereocenters. The van der Waals surface area contributed by atoms with Gasteiger partial charge >= 0.3 is 0 Å². The van der Waals surface area contributed by atoms with Crippen LogP contribution in [-0.2, 0) is 11.0 Å². The van der Waals surface area contributed by atoms with Crippen molar-refractivity contribution < 1.29 is 13.0 Å². The second-order valence-electron chi connectivity index (χ2n) is 2.90. The monoisotopic (exact) mass is 183 g/mol. The molecule has 66 valence electrons. The molecule has 0 aromatic carbocycles. The SMILES string of the molecule is NS(=O)CC1CCCC1(F)F. The Labute approximate surface area is 66.7 Å². The lowest BCUT2D eigenvalue weighted by atomic mass is 10.1. The highest BCUT2D eigenvalue weighted by atomic mass is 32.2. The Balaban J connectivity index is 2.51. The van der Waals surface area contributed by atoms with Gasteiger partial charge in [-0.05, 0) is 12.8 Å². The van der Waals surface area contributed by atoms with Crippen LogP contribution < -0.4 is 5.14 Å². The van der Waals surface area contributed by atoms with Gasteiger partial charge in [-0.2, -0.15) is 0 Å². The van der Waals surface area contributed by atoms with E-state index in [1.807, 2.05) is 0 Å². The van der Waals surface area contributed by atoms with Crippen LogP contribution in [0.5, 0.6) is 0 Å². The summed E-state index contributed by atoms with van der Waals surface area (Å²) in [5.41, 5.74) is 0. The van der Waals surface area contributed by atoms with E-state index in [1.165, 1.54) is 0 Å². The van der Waals surface area contributed by atoms with Gasteiger partial charge in [0.2, 0.25) is 0 Å². The summed E-state index contributed by atoms with van der Waals surface area (Å²) in [4.78, 5) is 0. The third kappa shape index (κ3) is 2.20. The molecule has 0 saturated heterocycles. The minimum Gasteiger partial charge on any atom is -0.252 e. The van der Waals surface area contributed by atoms with Crippen molar-refractivity contribution >= 4 is 11.0 Å². The number of rotatable bonds is 2. The molecule has 0 spiro atoms. The van der Waals surface area contributed by atoms with Crippen molar-refractivity contribution in [2.24, 2.45) is 11.1 Å². The van der Waals surface area contributed by atoms with Gasteiger partial charge in [-0.1, -0.05) is 0 Å². The molecular formula is C6H11F2NOS. The Hall–Kier alpha value is -0.0300. The van der Waals surface area contributed by atoms with Gasteiger partial charge in [-0.3, -0.25) is 5.14 Å². The summed E-state index contributed by atoms with van der Waals surface area (Å²) < 4.78 is 36.0. The van der Waals surface area contributed by atoms with Gasteiger partial charge in [0.15, 0.2) is 0 Å². The van der Waals surface area contributed by atoms with Gasteiger partial charge in [0.25, 0.3) is 5.92 Å². The maximum atomic E-state index is 12.8. The first-order chi connectivity index (χ1) is 5.02. The van der Waals surface area contributed by atoms with Gasteiger partial charge < -0.3 is 0 Å². The Morgan fingerprint density at radius 1 is 1.64 bits per heavy atom. The highest BCUT2D eigenvalue weighted by Crippen LogP contribution is 2.40. The van der Waals surface area contributed by atoms with E-state index in [9.17, 15) is 13.0 Å². The van der Waals surface area contributed by atoms with Crippen molar-refractivity contribution in [2.45, 2.75) is 25.2 Å². The Bertz CT molecular complexity index is 174. The molecule has 0 aromatic rings. The molecule has 0 aromatic heterocycles. The molecule has 2 N–H and O–H groups in total. The van der Waals surface area contributed by atoms with Crippen LogP contribution in [0.3, 0.4) is 0 Å². The third-order valence-electron chi connectivity index (χ3n) is 2.03. The van der Waals surface area contributed by atoms with Crippen LogP contribution in [0.1, 0.15) is 19.3 Å². The summed E-state index contributed by atoms with van der Waals surface area (Å²) in [5, 5.41) is 4.93. The summed E-state index contributed by atoms with van der Waals surface area (Å²) in [5.74, 6) is -3.45. The Morgan fingerprint density at radius 3 is 2.64 bits per heavy atom. The standard InChI is InChI=1S/C6H11F2NOS/c7-6(8)3-1-2-5(6)4-11(9)10/h5H,1-4,9H2. The molecule has 5 heteroatoms. The van der Waals surface area contributed by atoms with Gasteiger partial charge in [0.05, 0.1) is 11.0 Å². The first-order valence-corrected chi connectivity index (χ1v) is 4.91. The molecular weight excluding hydrogens is 172 g/mol. The van der Waals surface area contributed by atoms with E-state index in [0.29, 0.717) is 12.8 Å². The van der Waals surface area contributed by atoms with Gasteiger partial charge in [-0.15, -0.1) is 0 Å². The second kappa shape index (κ2) is 3.15. The minimum absolute atomic E-state index is 0.0625. The normalized spacial score (nSPS) is 32.1. The molecule has 1 saturated carbocycles. The largest absolute Gasteiger partial charge is 0.252 e. The van der Waals surface area contributed by atoms with Crippen molar-refractivity contribution in [2.75, 3.05) is 5.75 Å². The zero-order valence-electron chi connectivity index (χ0n) is 6.06. The first-order valence-electron chi connectivity index (χ1n) is 3.53. The molecule has 0 radical (unpaired) electrons. The maximum Gasteiger partial charge on any atom is 0.251 e. The zero-order chi connectivity index (χ0) is 8.48.